The molecule has 0 radical (unpaired) electrons. The number of nitrogens with one attached hydrogen (secondary N) is 1. The molecule has 0 unspecified atom stereocenters. The van der Waals surface area contributed by atoms with Gasteiger partial charge in [0.05, 0.1) is 12.7 Å². The summed E-state index contributed by atoms with van der Waals surface area (Å²) in [5, 5.41) is 12.7. The molecular weight excluding hydrogens is 352 g/mol. The molecule has 3 rings (SSSR count). The molecular formula is C18H26N4OS2. The maximum absolute atomic E-state index is 5.90. The highest BCUT2D eigenvalue weighted by Gasteiger charge is 2.21. The second-order valence-electron chi connectivity index (χ2n) is 6.82. The molecule has 1 N–H and O–H groups in total. The standard InChI is InChI=1S/C18H26N4OS2/c1-13(2)10-22-8-9-23-16(11-22)12-24-18-21-20-17(25-18)19-15-6-4-14(3)5-7-15/h4-7,13,16H,8-12H2,1-3H3,(H,19,20)/t16-/m0/s1. The van der Waals surface area contributed by atoms with E-state index >= 15 is 0 Å². The van der Waals surface area contributed by atoms with Crippen LogP contribution in [0.3, 0.4) is 0 Å². The smallest absolute Gasteiger partial charge is 0.210 e. The van der Waals surface area contributed by atoms with E-state index in [2.05, 4.69) is 65.5 Å². The van der Waals surface area contributed by atoms with Gasteiger partial charge in [0.2, 0.25) is 5.13 Å². The number of ether oxygens (including phenoxy) is 1. The zero-order valence-electron chi connectivity index (χ0n) is 15.1. The van der Waals surface area contributed by atoms with E-state index in [0.717, 1.165) is 47.2 Å². The van der Waals surface area contributed by atoms with Gasteiger partial charge in [0.1, 0.15) is 0 Å². The lowest BCUT2D eigenvalue weighted by Crippen LogP contribution is -2.44. The highest BCUT2D eigenvalue weighted by Crippen LogP contribution is 2.29. The zero-order valence-corrected chi connectivity index (χ0v) is 16.7. The normalized spacial score (nSPS) is 18.6. The van der Waals surface area contributed by atoms with Gasteiger partial charge in [0.15, 0.2) is 4.34 Å². The van der Waals surface area contributed by atoms with Crippen molar-refractivity contribution < 1.29 is 4.74 Å². The van der Waals surface area contributed by atoms with Crippen molar-refractivity contribution >= 4 is 33.9 Å². The Bertz CT molecular complexity index is 659. The average molecular weight is 379 g/mol. The van der Waals surface area contributed by atoms with Crippen LogP contribution in [0, 0.1) is 12.8 Å². The molecule has 2 heterocycles. The Morgan fingerprint density at radius 3 is 2.88 bits per heavy atom. The minimum Gasteiger partial charge on any atom is -0.375 e. The first-order chi connectivity index (χ1) is 12.1. The monoisotopic (exact) mass is 378 g/mol. The largest absolute Gasteiger partial charge is 0.375 e. The van der Waals surface area contributed by atoms with Crippen LogP contribution in [0.15, 0.2) is 28.6 Å². The molecule has 1 fully saturated rings. The van der Waals surface area contributed by atoms with E-state index in [-0.39, 0.29) is 6.10 Å². The van der Waals surface area contributed by atoms with E-state index in [1.165, 1.54) is 5.56 Å². The molecule has 25 heavy (non-hydrogen) atoms. The van der Waals surface area contributed by atoms with Gasteiger partial charge in [0.25, 0.3) is 0 Å². The van der Waals surface area contributed by atoms with E-state index in [4.69, 9.17) is 4.74 Å². The Kier molecular flexibility index (Phi) is 6.70. The molecule has 0 bridgehead atoms. The average Bonchev–Trinajstić information content (AvgIpc) is 3.02. The third kappa shape index (κ3) is 5.95. The van der Waals surface area contributed by atoms with Crippen LogP contribution < -0.4 is 5.32 Å². The summed E-state index contributed by atoms with van der Waals surface area (Å²) < 4.78 is 6.89. The van der Waals surface area contributed by atoms with E-state index in [0.29, 0.717) is 5.92 Å². The molecule has 1 aromatic carbocycles. The van der Waals surface area contributed by atoms with Gasteiger partial charge < -0.3 is 10.1 Å². The Morgan fingerprint density at radius 2 is 2.12 bits per heavy atom. The Hall–Kier alpha value is -1.15. The van der Waals surface area contributed by atoms with E-state index in [9.17, 15) is 0 Å². The Morgan fingerprint density at radius 1 is 1.32 bits per heavy atom. The van der Waals surface area contributed by atoms with E-state index in [1.807, 2.05) is 0 Å². The van der Waals surface area contributed by atoms with Crippen LogP contribution in [-0.4, -0.2) is 53.2 Å². The van der Waals surface area contributed by atoms with Gasteiger partial charge in [-0.15, -0.1) is 10.2 Å². The molecule has 1 aliphatic rings. The van der Waals surface area contributed by atoms with Crippen molar-refractivity contribution in [2.75, 3.05) is 37.3 Å². The van der Waals surface area contributed by atoms with Gasteiger partial charge in [-0.25, -0.2) is 0 Å². The van der Waals surface area contributed by atoms with E-state index in [1.54, 1.807) is 23.1 Å². The summed E-state index contributed by atoms with van der Waals surface area (Å²) in [5.74, 6) is 1.62. The van der Waals surface area contributed by atoms with Gasteiger partial charge in [-0.1, -0.05) is 54.6 Å². The van der Waals surface area contributed by atoms with Crippen LogP contribution in [0.4, 0.5) is 10.8 Å². The molecule has 0 amide bonds. The topological polar surface area (TPSA) is 50.3 Å². The molecule has 2 aromatic rings. The molecule has 5 nitrogen and oxygen atoms in total. The predicted molar refractivity (Wildman–Crippen MR) is 106 cm³/mol. The first-order valence-electron chi connectivity index (χ1n) is 8.72. The SMILES string of the molecule is Cc1ccc(Nc2nnc(SC[C@@H]3CN(CC(C)C)CCO3)s2)cc1. The first kappa shape index (κ1) is 18.6. The quantitative estimate of drug-likeness (QED) is 0.734. The number of anilines is 2. The second-order valence-corrected chi connectivity index (χ2v) is 9.07. The van der Waals surface area contributed by atoms with Gasteiger partial charge in [-0.3, -0.25) is 4.90 Å². The van der Waals surface area contributed by atoms with Crippen LogP contribution >= 0.6 is 23.1 Å². The molecule has 1 saturated heterocycles. The molecule has 7 heteroatoms. The fraction of sp³-hybridized carbons (Fsp3) is 0.556. The maximum Gasteiger partial charge on any atom is 0.210 e. The van der Waals surface area contributed by atoms with Gasteiger partial charge in [-0.05, 0) is 25.0 Å². The number of aromatic nitrogens is 2. The van der Waals surface area contributed by atoms with E-state index < -0.39 is 0 Å². The summed E-state index contributed by atoms with van der Waals surface area (Å²) in [6.45, 7) is 10.6. The summed E-state index contributed by atoms with van der Waals surface area (Å²) in [5.41, 5.74) is 2.29. The summed E-state index contributed by atoms with van der Waals surface area (Å²) in [6, 6.07) is 8.29. The molecule has 0 spiro atoms. The fourth-order valence-corrected chi connectivity index (χ4v) is 4.61. The van der Waals surface area contributed by atoms with Crippen molar-refractivity contribution in [3.05, 3.63) is 29.8 Å². The van der Waals surface area contributed by atoms with Crippen molar-refractivity contribution in [1.82, 2.24) is 15.1 Å². The van der Waals surface area contributed by atoms with Crippen LogP contribution in [0.2, 0.25) is 0 Å². The number of rotatable bonds is 7. The molecule has 0 saturated carbocycles. The van der Waals surface area contributed by atoms with Gasteiger partial charge >= 0.3 is 0 Å². The summed E-state index contributed by atoms with van der Waals surface area (Å²) in [6.07, 6.45) is 0.273. The maximum atomic E-state index is 5.90. The number of aryl methyl sites for hydroxylation is 1. The highest BCUT2D eigenvalue weighted by molar-refractivity contribution is 8.01. The van der Waals surface area contributed by atoms with Crippen LogP contribution in [-0.2, 0) is 4.74 Å². The molecule has 136 valence electrons. The molecule has 0 aliphatic carbocycles. The van der Waals surface area contributed by atoms with Crippen molar-refractivity contribution in [2.24, 2.45) is 5.92 Å². The van der Waals surface area contributed by atoms with Gasteiger partial charge in [-0.2, -0.15) is 0 Å². The number of benzene rings is 1. The molecule has 1 aromatic heterocycles. The Balaban J connectivity index is 1.47. The Labute approximate surface area is 158 Å². The number of hydrogen-bond donors (Lipinski definition) is 1. The van der Waals surface area contributed by atoms with Crippen molar-refractivity contribution in [3.63, 3.8) is 0 Å². The van der Waals surface area contributed by atoms with Crippen molar-refractivity contribution in [2.45, 2.75) is 31.2 Å². The third-order valence-electron chi connectivity index (χ3n) is 3.95. The number of thioether (sulfide) groups is 1. The highest BCUT2D eigenvalue weighted by atomic mass is 32.2. The lowest BCUT2D eigenvalue weighted by molar-refractivity contribution is -0.0191. The van der Waals surface area contributed by atoms with Crippen molar-refractivity contribution in [1.29, 1.82) is 0 Å². The summed E-state index contributed by atoms with van der Waals surface area (Å²) in [4.78, 5) is 2.50. The van der Waals surface area contributed by atoms with Crippen molar-refractivity contribution in [3.8, 4) is 0 Å². The first-order valence-corrected chi connectivity index (χ1v) is 10.5. The number of nitrogens with zero attached hydrogens (tertiary/aromatic N) is 3. The second kappa shape index (κ2) is 8.98. The van der Waals surface area contributed by atoms with Crippen LogP contribution in [0.25, 0.3) is 0 Å². The van der Waals surface area contributed by atoms with Crippen LogP contribution in [0.1, 0.15) is 19.4 Å². The summed E-state index contributed by atoms with van der Waals surface area (Å²) >= 11 is 3.33. The molecule has 1 atom stereocenters. The minimum atomic E-state index is 0.273. The lowest BCUT2D eigenvalue weighted by Gasteiger charge is -2.33. The molecule has 1 aliphatic heterocycles. The number of hydrogen-bond acceptors (Lipinski definition) is 7. The predicted octanol–water partition coefficient (Wildman–Crippen LogP) is 4.04. The minimum absolute atomic E-state index is 0.273. The lowest BCUT2D eigenvalue weighted by atomic mass is 10.2. The van der Waals surface area contributed by atoms with Gasteiger partial charge in [0, 0.05) is 31.1 Å². The number of morpholine rings is 1. The third-order valence-corrected chi connectivity index (χ3v) is 6.05. The summed E-state index contributed by atoms with van der Waals surface area (Å²) in [7, 11) is 0. The van der Waals surface area contributed by atoms with Crippen LogP contribution in [0.5, 0.6) is 0 Å². The fourth-order valence-electron chi connectivity index (χ4n) is 2.81. The zero-order chi connectivity index (χ0) is 17.6.